The first-order valence-electron chi connectivity index (χ1n) is 11.8. The second kappa shape index (κ2) is 13.4. The van der Waals surface area contributed by atoms with E-state index >= 15 is 0 Å². The van der Waals surface area contributed by atoms with Crippen LogP contribution in [0.2, 0.25) is 0 Å². The minimum Gasteiger partial charge on any atom is -0.480 e. The Morgan fingerprint density at radius 1 is 0.946 bits per heavy atom. The van der Waals surface area contributed by atoms with Gasteiger partial charge in [-0.25, -0.2) is 4.79 Å². The molecule has 1 heterocycles. The van der Waals surface area contributed by atoms with Crippen LogP contribution < -0.4 is 27.4 Å². The molecule has 0 saturated heterocycles. The standard InChI is InChI=1S/C24H34N6O7/c1-12(2)7-17(28-21(33)15(25)9-20(26)32)22(34)30-19(11-31)23(35)29-18(24(36)37)8-13-10-27-16-6-4-3-5-14(13)16/h3-6,10,12,15,17-19,27,31H,7-9,11,25H2,1-2H3,(H2,26,32)(H,28,33)(H,29,35)(H,30,34)(H,36,37). The maximum absolute atomic E-state index is 12.9. The summed E-state index contributed by atoms with van der Waals surface area (Å²) in [6.45, 7) is 2.78. The minimum atomic E-state index is -1.48. The van der Waals surface area contributed by atoms with Gasteiger partial charge in [-0.05, 0) is 24.0 Å². The van der Waals surface area contributed by atoms with E-state index in [1.807, 2.05) is 18.2 Å². The molecule has 0 aliphatic rings. The van der Waals surface area contributed by atoms with Crippen LogP contribution in [0.25, 0.3) is 10.9 Å². The fourth-order valence-corrected chi connectivity index (χ4v) is 3.75. The highest BCUT2D eigenvalue weighted by molar-refractivity contribution is 5.95. The number of nitrogens with one attached hydrogen (secondary N) is 4. The number of hydrogen-bond acceptors (Lipinski definition) is 7. The molecule has 0 fully saturated rings. The van der Waals surface area contributed by atoms with Gasteiger partial charge in [0.05, 0.1) is 19.1 Å². The van der Waals surface area contributed by atoms with Crippen LogP contribution in [0.5, 0.6) is 0 Å². The largest absolute Gasteiger partial charge is 0.480 e. The van der Waals surface area contributed by atoms with Gasteiger partial charge in [-0.15, -0.1) is 0 Å². The summed E-state index contributed by atoms with van der Waals surface area (Å²) in [4.78, 5) is 63.9. The van der Waals surface area contributed by atoms with Crippen molar-refractivity contribution in [1.29, 1.82) is 0 Å². The molecule has 2 aromatic rings. The fourth-order valence-electron chi connectivity index (χ4n) is 3.75. The van der Waals surface area contributed by atoms with Gasteiger partial charge >= 0.3 is 5.97 Å². The number of carboxylic acids is 1. The van der Waals surface area contributed by atoms with Crippen molar-refractivity contribution in [1.82, 2.24) is 20.9 Å². The van der Waals surface area contributed by atoms with Crippen LogP contribution in [0.1, 0.15) is 32.3 Å². The molecule has 1 aromatic heterocycles. The number of aliphatic carboxylic acids is 1. The summed E-state index contributed by atoms with van der Waals surface area (Å²) in [7, 11) is 0. The van der Waals surface area contributed by atoms with Crippen molar-refractivity contribution in [3.05, 3.63) is 36.0 Å². The Morgan fingerprint density at radius 3 is 2.14 bits per heavy atom. The molecule has 202 valence electrons. The van der Waals surface area contributed by atoms with Crippen LogP contribution in [0, 0.1) is 5.92 Å². The summed E-state index contributed by atoms with van der Waals surface area (Å²) in [6, 6.07) is 2.06. The Kier molecular flexibility index (Phi) is 10.6. The number of aromatic amines is 1. The summed E-state index contributed by atoms with van der Waals surface area (Å²) < 4.78 is 0. The zero-order chi connectivity index (χ0) is 27.7. The van der Waals surface area contributed by atoms with E-state index in [0.29, 0.717) is 5.56 Å². The molecule has 0 spiro atoms. The Morgan fingerprint density at radius 2 is 1.54 bits per heavy atom. The van der Waals surface area contributed by atoms with E-state index < -0.39 is 66.8 Å². The van der Waals surface area contributed by atoms with Gasteiger partial charge in [-0.3, -0.25) is 19.2 Å². The Labute approximate surface area is 213 Å². The number of H-pyrrole nitrogens is 1. The molecule has 13 heteroatoms. The van der Waals surface area contributed by atoms with E-state index in [0.717, 1.165) is 10.9 Å². The topological polar surface area (TPSA) is 230 Å². The van der Waals surface area contributed by atoms with Crippen LogP contribution in [-0.4, -0.2) is 75.6 Å². The number of rotatable bonds is 14. The van der Waals surface area contributed by atoms with E-state index in [9.17, 15) is 34.2 Å². The predicted molar refractivity (Wildman–Crippen MR) is 134 cm³/mol. The van der Waals surface area contributed by atoms with Crippen LogP contribution >= 0.6 is 0 Å². The average molecular weight is 519 g/mol. The third kappa shape index (κ3) is 8.58. The SMILES string of the molecule is CC(C)CC(NC(=O)C(N)CC(N)=O)C(=O)NC(CO)C(=O)NC(Cc1c[nH]c2ccccc12)C(=O)O. The lowest BCUT2D eigenvalue weighted by molar-refractivity contribution is -0.142. The quantitative estimate of drug-likeness (QED) is 0.146. The number of aliphatic hydroxyl groups is 1. The maximum Gasteiger partial charge on any atom is 0.326 e. The first-order valence-corrected chi connectivity index (χ1v) is 11.8. The van der Waals surface area contributed by atoms with Crippen LogP contribution in [0.4, 0.5) is 0 Å². The number of nitrogens with two attached hydrogens (primary N) is 2. The van der Waals surface area contributed by atoms with Crippen molar-refractivity contribution in [3.8, 4) is 0 Å². The summed E-state index contributed by atoms with van der Waals surface area (Å²) in [6.07, 6.45) is 1.36. The number of amides is 4. The number of primary amides is 1. The molecule has 1 aromatic carbocycles. The molecule has 13 nitrogen and oxygen atoms in total. The van der Waals surface area contributed by atoms with Crippen molar-refractivity contribution in [2.75, 3.05) is 6.61 Å². The first kappa shape index (κ1) is 29.3. The number of hydrogen-bond donors (Lipinski definition) is 8. The monoisotopic (exact) mass is 518 g/mol. The van der Waals surface area contributed by atoms with Gasteiger partial charge in [0.2, 0.25) is 23.6 Å². The van der Waals surface area contributed by atoms with Gasteiger partial charge in [0.15, 0.2) is 0 Å². The van der Waals surface area contributed by atoms with E-state index in [2.05, 4.69) is 20.9 Å². The Balaban J connectivity index is 2.09. The highest BCUT2D eigenvalue weighted by Crippen LogP contribution is 2.19. The highest BCUT2D eigenvalue weighted by atomic mass is 16.4. The van der Waals surface area contributed by atoms with Crippen LogP contribution in [-0.2, 0) is 30.4 Å². The molecule has 0 aliphatic heterocycles. The number of carboxylic acid groups (broad SMARTS) is 1. The number of carbonyl (C=O) groups is 5. The third-order valence-electron chi connectivity index (χ3n) is 5.63. The molecule has 0 saturated carbocycles. The zero-order valence-corrected chi connectivity index (χ0v) is 20.7. The van der Waals surface area contributed by atoms with Gasteiger partial charge in [0, 0.05) is 23.5 Å². The molecule has 4 unspecified atom stereocenters. The van der Waals surface area contributed by atoms with E-state index in [-0.39, 0.29) is 18.8 Å². The fraction of sp³-hybridized carbons (Fsp3) is 0.458. The number of benzene rings is 1. The van der Waals surface area contributed by atoms with Crippen molar-refractivity contribution < 1.29 is 34.2 Å². The van der Waals surface area contributed by atoms with Crippen LogP contribution in [0.3, 0.4) is 0 Å². The predicted octanol–water partition coefficient (Wildman–Crippen LogP) is -1.51. The Bertz CT molecular complexity index is 1130. The minimum absolute atomic E-state index is 0.0407. The third-order valence-corrected chi connectivity index (χ3v) is 5.63. The van der Waals surface area contributed by atoms with Crippen molar-refractivity contribution in [2.45, 2.75) is 57.3 Å². The number of para-hydroxylation sites is 1. The lowest BCUT2D eigenvalue weighted by Gasteiger charge is -2.25. The first-order chi connectivity index (χ1) is 17.4. The van der Waals surface area contributed by atoms with Gasteiger partial charge in [-0.2, -0.15) is 0 Å². The lowest BCUT2D eigenvalue weighted by atomic mass is 10.0. The van der Waals surface area contributed by atoms with Crippen LogP contribution in [0.15, 0.2) is 30.5 Å². The van der Waals surface area contributed by atoms with Gasteiger partial charge in [0.1, 0.15) is 18.1 Å². The lowest BCUT2D eigenvalue weighted by Crippen LogP contribution is -2.58. The van der Waals surface area contributed by atoms with E-state index in [1.165, 1.54) is 0 Å². The second-order valence-electron chi connectivity index (χ2n) is 9.17. The highest BCUT2D eigenvalue weighted by Gasteiger charge is 2.31. The molecular formula is C24H34N6O7. The van der Waals surface area contributed by atoms with E-state index in [1.54, 1.807) is 26.1 Å². The molecule has 0 bridgehead atoms. The molecule has 0 aliphatic carbocycles. The second-order valence-corrected chi connectivity index (χ2v) is 9.17. The van der Waals surface area contributed by atoms with Crippen molar-refractivity contribution in [3.63, 3.8) is 0 Å². The summed E-state index contributed by atoms with van der Waals surface area (Å²) in [5.41, 5.74) is 12.2. The summed E-state index contributed by atoms with van der Waals surface area (Å²) in [5, 5.41) is 27.3. The van der Waals surface area contributed by atoms with Crippen molar-refractivity contribution in [2.24, 2.45) is 17.4 Å². The molecule has 10 N–H and O–H groups in total. The number of carbonyl (C=O) groups excluding carboxylic acids is 4. The van der Waals surface area contributed by atoms with Gasteiger partial charge < -0.3 is 42.6 Å². The number of aliphatic hydroxyl groups excluding tert-OH is 1. The molecule has 4 atom stereocenters. The maximum atomic E-state index is 12.9. The summed E-state index contributed by atoms with van der Waals surface area (Å²) >= 11 is 0. The average Bonchev–Trinajstić information content (AvgIpc) is 3.23. The normalized spacial score (nSPS) is 14.4. The molecule has 4 amide bonds. The van der Waals surface area contributed by atoms with Gasteiger partial charge in [0.25, 0.3) is 0 Å². The smallest absolute Gasteiger partial charge is 0.326 e. The molecular weight excluding hydrogens is 484 g/mol. The Hall–Kier alpha value is -3.97. The number of fused-ring (bicyclic) bond motifs is 1. The molecule has 0 radical (unpaired) electrons. The van der Waals surface area contributed by atoms with Crippen molar-refractivity contribution >= 4 is 40.5 Å². The van der Waals surface area contributed by atoms with Gasteiger partial charge in [-0.1, -0.05) is 32.0 Å². The summed E-state index contributed by atoms with van der Waals surface area (Å²) in [5.74, 6) is -4.62. The van der Waals surface area contributed by atoms with E-state index in [4.69, 9.17) is 11.5 Å². The molecule has 2 rings (SSSR count). The zero-order valence-electron chi connectivity index (χ0n) is 20.7. The molecule has 37 heavy (non-hydrogen) atoms. The number of aromatic nitrogens is 1.